The molecule has 1 aliphatic heterocycles. The van der Waals surface area contributed by atoms with Crippen LogP contribution in [0.25, 0.3) is 11.0 Å². The quantitative estimate of drug-likeness (QED) is 0.692. The van der Waals surface area contributed by atoms with E-state index in [1.165, 1.54) is 0 Å². The van der Waals surface area contributed by atoms with Gasteiger partial charge in [-0.25, -0.2) is 0 Å². The molecule has 116 valence electrons. The lowest BCUT2D eigenvalue weighted by Gasteiger charge is -2.23. The van der Waals surface area contributed by atoms with Gasteiger partial charge < -0.3 is 13.9 Å². The monoisotopic (exact) mass is 308 g/mol. The molecule has 2 heterocycles. The van der Waals surface area contributed by atoms with E-state index in [0.717, 1.165) is 22.3 Å². The van der Waals surface area contributed by atoms with Crippen molar-refractivity contribution in [3.8, 4) is 5.75 Å². The molecule has 0 saturated heterocycles. The highest BCUT2D eigenvalue weighted by molar-refractivity contribution is 5.78. The number of carbonyl (C=O) groups is 1. The summed E-state index contributed by atoms with van der Waals surface area (Å²) >= 11 is 0. The normalized spacial score (nSPS) is 16.6. The number of esters is 1. The zero-order valence-electron chi connectivity index (χ0n) is 12.5. The number of rotatable bonds is 3. The fourth-order valence-corrected chi connectivity index (χ4v) is 2.85. The SMILES string of the molecule is O=C(OCc1cc2ccccc2o1)C1COc2ccccc2C1. The van der Waals surface area contributed by atoms with Gasteiger partial charge in [0.2, 0.25) is 0 Å². The fraction of sp³-hybridized carbons (Fsp3) is 0.211. The Morgan fingerprint density at radius 2 is 1.96 bits per heavy atom. The first kappa shape index (κ1) is 13.9. The smallest absolute Gasteiger partial charge is 0.313 e. The molecule has 0 spiro atoms. The first-order valence-electron chi connectivity index (χ1n) is 7.64. The van der Waals surface area contributed by atoms with Crippen LogP contribution in [0.4, 0.5) is 0 Å². The van der Waals surface area contributed by atoms with E-state index in [-0.39, 0.29) is 18.5 Å². The summed E-state index contributed by atoms with van der Waals surface area (Å²) < 4.78 is 16.7. The summed E-state index contributed by atoms with van der Waals surface area (Å²) in [6.45, 7) is 0.502. The Labute approximate surface area is 133 Å². The van der Waals surface area contributed by atoms with E-state index in [1.807, 2.05) is 54.6 Å². The van der Waals surface area contributed by atoms with Crippen molar-refractivity contribution in [1.29, 1.82) is 0 Å². The third-order valence-electron chi connectivity index (χ3n) is 4.05. The van der Waals surface area contributed by atoms with Gasteiger partial charge in [0.15, 0.2) is 0 Å². The molecular formula is C19H16O4. The van der Waals surface area contributed by atoms with E-state index in [9.17, 15) is 4.79 Å². The summed E-state index contributed by atoms with van der Waals surface area (Å²) in [5.74, 6) is 0.986. The number of hydrogen-bond donors (Lipinski definition) is 0. The van der Waals surface area contributed by atoms with Gasteiger partial charge in [0.05, 0.1) is 5.92 Å². The number of fused-ring (bicyclic) bond motifs is 2. The highest BCUT2D eigenvalue weighted by atomic mass is 16.5. The van der Waals surface area contributed by atoms with Crippen LogP contribution in [0.1, 0.15) is 11.3 Å². The Bertz CT molecular complexity index is 816. The zero-order chi connectivity index (χ0) is 15.6. The Kier molecular flexibility index (Phi) is 3.50. The molecule has 1 aliphatic rings. The van der Waals surface area contributed by atoms with Crippen molar-refractivity contribution in [3.63, 3.8) is 0 Å². The van der Waals surface area contributed by atoms with Gasteiger partial charge in [-0.05, 0) is 30.2 Å². The molecule has 4 heteroatoms. The summed E-state index contributed by atoms with van der Waals surface area (Å²) in [4.78, 5) is 12.3. The molecule has 0 saturated carbocycles. The van der Waals surface area contributed by atoms with Crippen LogP contribution in [0.3, 0.4) is 0 Å². The molecule has 0 fully saturated rings. The molecule has 1 unspecified atom stereocenters. The van der Waals surface area contributed by atoms with Gasteiger partial charge in [0.1, 0.15) is 30.3 Å². The van der Waals surface area contributed by atoms with E-state index in [2.05, 4.69) is 0 Å². The van der Waals surface area contributed by atoms with Crippen LogP contribution >= 0.6 is 0 Å². The van der Waals surface area contributed by atoms with Crippen LogP contribution in [0.5, 0.6) is 5.75 Å². The van der Waals surface area contributed by atoms with Crippen molar-refractivity contribution >= 4 is 16.9 Å². The van der Waals surface area contributed by atoms with Gasteiger partial charge in [0.25, 0.3) is 0 Å². The van der Waals surface area contributed by atoms with Gasteiger partial charge in [-0.2, -0.15) is 0 Å². The predicted molar refractivity (Wildman–Crippen MR) is 85.1 cm³/mol. The van der Waals surface area contributed by atoms with E-state index in [1.54, 1.807) is 0 Å². The van der Waals surface area contributed by atoms with Gasteiger partial charge in [-0.1, -0.05) is 36.4 Å². The second-order valence-corrected chi connectivity index (χ2v) is 5.68. The third kappa shape index (κ3) is 2.80. The van der Waals surface area contributed by atoms with E-state index in [0.29, 0.717) is 18.8 Å². The largest absolute Gasteiger partial charge is 0.492 e. The van der Waals surface area contributed by atoms with E-state index in [4.69, 9.17) is 13.9 Å². The minimum atomic E-state index is -0.269. The van der Waals surface area contributed by atoms with Crippen molar-refractivity contribution in [2.75, 3.05) is 6.61 Å². The van der Waals surface area contributed by atoms with Gasteiger partial charge >= 0.3 is 5.97 Å². The Balaban J connectivity index is 1.40. The second kappa shape index (κ2) is 5.80. The fourth-order valence-electron chi connectivity index (χ4n) is 2.85. The topological polar surface area (TPSA) is 48.7 Å². The number of furan rings is 1. The highest BCUT2D eigenvalue weighted by Gasteiger charge is 2.27. The number of ether oxygens (including phenoxy) is 2. The Morgan fingerprint density at radius 1 is 1.13 bits per heavy atom. The van der Waals surface area contributed by atoms with Crippen molar-refractivity contribution in [2.24, 2.45) is 5.92 Å². The van der Waals surface area contributed by atoms with Crippen LogP contribution in [0, 0.1) is 5.92 Å². The lowest BCUT2D eigenvalue weighted by atomic mass is 9.97. The molecule has 4 nitrogen and oxygen atoms in total. The maximum absolute atomic E-state index is 12.3. The van der Waals surface area contributed by atoms with Crippen molar-refractivity contribution in [2.45, 2.75) is 13.0 Å². The molecule has 0 aliphatic carbocycles. The highest BCUT2D eigenvalue weighted by Crippen LogP contribution is 2.27. The maximum atomic E-state index is 12.3. The Hall–Kier alpha value is -2.75. The minimum Gasteiger partial charge on any atom is -0.492 e. The van der Waals surface area contributed by atoms with Gasteiger partial charge in [-0.3, -0.25) is 4.79 Å². The molecule has 4 rings (SSSR count). The van der Waals surface area contributed by atoms with Crippen molar-refractivity contribution in [1.82, 2.24) is 0 Å². The van der Waals surface area contributed by atoms with E-state index < -0.39 is 0 Å². The van der Waals surface area contributed by atoms with Crippen molar-refractivity contribution < 1.29 is 18.7 Å². The van der Waals surface area contributed by atoms with Gasteiger partial charge in [0, 0.05) is 5.39 Å². The summed E-state index contributed by atoms with van der Waals surface area (Å²) in [5, 5.41) is 1.01. The lowest BCUT2D eigenvalue weighted by Crippen LogP contribution is -2.29. The molecule has 1 atom stereocenters. The summed E-state index contributed by atoms with van der Waals surface area (Å²) in [6.07, 6.45) is 0.648. The van der Waals surface area contributed by atoms with Crippen molar-refractivity contribution in [3.05, 3.63) is 65.9 Å². The second-order valence-electron chi connectivity index (χ2n) is 5.68. The summed E-state index contributed by atoms with van der Waals surface area (Å²) in [6, 6.07) is 17.4. The number of benzene rings is 2. The molecular weight excluding hydrogens is 292 g/mol. The Morgan fingerprint density at radius 3 is 2.87 bits per heavy atom. The lowest BCUT2D eigenvalue weighted by molar-refractivity contribution is -0.151. The third-order valence-corrected chi connectivity index (χ3v) is 4.05. The molecule has 2 aromatic carbocycles. The average molecular weight is 308 g/mol. The average Bonchev–Trinajstić information content (AvgIpc) is 3.02. The first-order valence-corrected chi connectivity index (χ1v) is 7.64. The molecule has 0 radical (unpaired) electrons. The zero-order valence-corrected chi connectivity index (χ0v) is 12.5. The van der Waals surface area contributed by atoms with Crippen LogP contribution in [0.2, 0.25) is 0 Å². The standard InChI is InChI=1S/C19H16O4/c20-19(15-9-13-5-1-3-7-17(13)21-11-15)22-12-16-10-14-6-2-4-8-18(14)23-16/h1-8,10,15H,9,11-12H2. The van der Waals surface area contributed by atoms with Crippen LogP contribution in [-0.2, 0) is 22.6 Å². The molecule has 0 bridgehead atoms. The molecule has 0 N–H and O–H groups in total. The summed E-state index contributed by atoms with van der Waals surface area (Å²) in [7, 11) is 0. The minimum absolute atomic E-state index is 0.145. The first-order chi connectivity index (χ1) is 11.3. The van der Waals surface area contributed by atoms with E-state index >= 15 is 0 Å². The molecule has 23 heavy (non-hydrogen) atoms. The molecule has 0 amide bonds. The molecule has 3 aromatic rings. The maximum Gasteiger partial charge on any atom is 0.313 e. The number of carbonyl (C=O) groups excluding carboxylic acids is 1. The van der Waals surface area contributed by atoms with Crippen LogP contribution in [-0.4, -0.2) is 12.6 Å². The molecule has 1 aromatic heterocycles. The summed E-state index contributed by atoms with van der Waals surface area (Å²) in [5.41, 5.74) is 1.85. The van der Waals surface area contributed by atoms with Gasteiger partial charge in [-0.15, -0.1) is 0 Å². The van der Waals surface area contributed by atoms with Crippen LogP contribution in [0.15, 0.2) is 59.0 Å². The number of hydrogen-bond acceptors (Lipinski definition) is 4. The number of para-hydroxylation sites is 2. The predicted octanol–water partition coefficient (Wildman–Crippen LogP) is 3.73. The van der Waals surface area contributed by atoms with Crippen LogP contribution < -0.4 is 4.74 Å².